The number of thioether (sulfide) groups is 1. The minimum absolute atomic E-state index is 0. The van der Waals surface area contributed by atoms with Gasteiger partial charge >= 0.3 is 0 Å². The lowest BCUT2D eigenvalue weighted by Gasteiger charge is -2.33. The lowest BCUT2D eigenvalue weighted by atomic mass is 10.0. The van der Waals surface area contributed by atoms with E-state index in [0.717, 1.165) is 36.8 Å². The SMILES string of the molecule is Cl.NC(=O)c1ccc(N2CCCC(N)C2)c(/C=C2/SC(=O)NC2=O)c1. The van der Waals surface area contributed by atoms with Crippen LogP contribution in [0.4, 0.5) is 10.5 Å². The predicted octanol–water partition coefficient (Wildman–Crippen LogP) is 1.46. The monoisotopic (exact) mass is 382 g/mol. The fourth-order valence-corrected chi connectivity index (χ4v) is 3.58. The molecule has 3 amide bonds. The zero-order valence-electron chi connectivity index (χ0n) is 13.4. The molecule has 2 aliphatic rings. The van der Waals surface area contributed by atoms with Crippen molar-refractivity contribution in [2.75, 3.05) is 18.0 Å². The Balaban J connectivity index is 0.00000225. The fraction of sp³-hybridized carbons (Fsp3) is 0.312. The third-order valence-corrected chi connectivity index (χ3v) is 4.85. The van der Waals surface area contributed by atoms with E-state index in [2.05, 4.69) is 10.2 Å². The number of carbonyl (C=O) groups is 3. The summed E-state index contributed by atoms with van der Waals surface area (Å²) in [4.78, 5) is 37.1. The number of nitrogens with one attached hydrogen (secondary N) is 1. The lowest BCUT2D eigenvalue weighted by molar-refractivity contribution is -0.115. The zero-order valence-corrected chi connectivity index (χ0v) is 15.0. The topological polar surface area (TPSA) is 119 Å². The summed E-state index contributed by atoms with van der Waals surface area (Å²) < 4.78 is 0. The van der Waals surface area contributed by atoms with Gasteiger partial charge in [-0.05, 0) is 54.4 Å². The Hall–Kier alpha value is -2.03. The first-order valence-electron chi connectivity index (χ1n) is 7.63. The number of carbonyl (C=O) groups excluding carboxylic acids is 3. The van der Waals surface area contributed by atoms with E-state index in [1.807, 2.05) is 6.07 Å². The van der Waals surface area contributed by atoms with Crippen LogP contribution in [-0.4, -0.2) is 36.2 Å². The summed E-state index contributed by atoms with van der Waals surface area (Å²) in [7, 11) is 0. The van der Waals surface area contributed by atoms with Crippen LogP contribution in [0.2, 0.25) is 0 Å². The van der Waals surface area contributed by atoms with Gasteiger partial charge in [0.25, 0.3) is 11.1 Å². The minimum atomic E-state index is -0.545. The Morgan fingerprint density at radius 3 is 2.72 bits per heavy atom. The van der Waals surface area contributed by atoms with Crippen LogP contribution in [0.1, 0.15) is 28.8 Å². The maximum atomic E-state index is 11.8. The fourth-order valence-electron chi connectivity index (χ4n) is 2.90. The average Bonchev–Trinajstić information content (AvgIpc) is 2.84. The Labute approximate surface area is 155 Å². The number of imide groups is 1. The summed E-state index contributed by atoms with van der Waals surface area (Å²) in [5.74, 6) is -0.980. The molecule has 0 aliphatic carbocycles. The molecule has 1 atom stereocenters. The zero-order chi connectivity index (χ0) is 17.3. The van der Waals surface area contributed by atoms with Gasteiger partial charge in [-0.3, -0.25) is 19.7 Å². The number of rotatable bonds is 3. The van der Waals surface area contributed by atoms with E-state index in [1.165, 1.54) is 0 Å². The third kappa shape index (κ3) is 4.33. The number of nitrogens with two attached hydrogens (primary N) is 2. The van der Waals surface area contributed by atoms with Gasteiger partial charge < -0.3 is 16.4 Å². The van der Waals surface area contributed by atoms with Crippen molar-refractivity contribution in [3.8, 4) is 0 Å². The van der Waals surface area contributed by atoms with Gasteiger partial charge in [-0.1, -0.05) is 0 Å². The molecule has 0 spiro atoms. The first-order chi connectivity index (χ1) is 11.4. The predicted molar refractivity (Wildman–Crippen MR) is 101 cm³/mol. The van der Waals surface area contributed by atoms with E-state index in [4.69, 9.17) is 11.5 Å². The van der Waals surface area contributed by atoms with Crippen molar-refractivity contribution in [2.24, 2.45) is 11.5 Å². The minimum Gasteiger partial charge on any atom is -0.369 e. The summed E-state index contributed by atoms with van der Waals surface area (Å²) in [6.45, 7) is 1.54. The number of hydrogen-bond donors (Lipinski definition) is 3. The van der Waals surface area contributed by atoms with Crippen LogP contribution in [0.3, 0.4) is 0 Å². The Morgan fingerprint density at radius 2 is 2.12 bits per heavy atom. The van der Waals surface area contributed by atoms with Crippen molar-refractivity contribution in [3.63, 3.8) is 0 Å². The molecule has 1 unspecified atom stereocenters. The highest BCUT2D eigenvalue weighted by molar-refractivity contribution is 8.18. The van der Waals surface area contributed by atoms with Crippen LogP contribution in [0.5, 0.6) is 0 Å². The second-order valence-corrected chi connectivity index (χ2v) is 6.85. The maximum absolute atomic E-state index is 11.8. The molecule has 2 fully saturated rings. The van der Waals surface area contributed by atoms with Gasteiger partial charge in [0.15, 0.2) is 0 Å². The molecular weight excluding hydrogens is 364 g/mol. The molecule has 1 aromatic rings. The molecule has 5 N–H and O–H groups in total. The van der Waals surface area contributed by atoms with Crippen molar-refractivity contribution in [2.45, 2.75) is 18.9 Å². The molecule has 2 heterocycles. The van der Waals surface area contributed by atoms with Gasteiger partial charge in [-0.25, -0.2) is 0 Å². The molecule has 2 saturated heterocycles. The first-order valence-corrected chi connectivity index (χ1v) is 8.45. The van der Waals surface area contributed by atoms with Crippen molar-refractivity contribution < 1.29 is 14.4 Å². The normalized spacial score (nSPS) is 21.9. The van der Waals surface area contributed by atoms with Gasteiger partial charge in [0, 0.05) is 30.4 Å². The highest BCUT2D eigenvalue weighted by atomic mass is 35.5. The molecule has 0 saturated carbocycles. The molecule has 2 aliphatic heterocycles. The second kappa shape index (κ2) is 7.90. The largest absolute Gasteiger partial charge is 0.369 e. The summed E-state index contributed by atoms with van der Waals surface area (Å²) in [6, 6.07) is 5.19. The molecule has 25 heavy (non-hydrogen) atoms. The quantitative estimate of drug-likeness (QED) is 0.681. The van der Waals surface area contributed by atoms with Crippen molar-refractivity contribution in [1.82, 2.24) is 5.32 Å². The highest BCUT2D eigenvalue weighted by Gasteiger charge is 2.26. The summed E-state index contributed by atoms with van der Waals surface area (Å²) in [6.07, 6.45) is 3.56. The standard InChI is InChI=1S/C16H18N4O3S.ClH/c17-11-2-1-5-20(8-11)12-4-3-9(14(18)21)6-10(12)7-13-15(22)19-16(23)24-13;/h3-4,6-7,11H,1-2,5,8,17H2,(H2,18,21)(H,19,22,23);1H/b13-7+;. The molecule has 3 rings (SSSR count). The molecular formula is C16H19ClN4O3S. The maximum Gasteiger partial charge on any atom is 0.290 e. The van der Waals surface area contributed by atoms with Gasteiger partial charge in [0.05, 0.1) is 4.91 Å². The molecule has 134 valence electrons. The average molecular weight is 383 g/mol. The first kappa shape index (κ1) is 19.3. The van der Waals surface area contributed by atoms with Gasteiger partial charge in [-0.2, -0.15) is 0 Å². The number of nitrogens with zero attached hydrogens (tertiary/aromatic N) is 1. The van der Waals surface area contributed by atoms with Crippen LogP contribution in [0.15, 0.2) is 23.1 Å². The summed E-state index contributed by atoms with van der Waals surface area (Å²) in [5, 5.41) is 1.82. The number of hydrogen-bond acceptors (Lipinski definition) is 6. The van der Waals surface area contributed by atoms with Crippen molar-refractivity contribution >= 4 is 53.0 Å². The summed E-state index contributed by atoms with van der Waals surface area (Å²) in [5.41, 5.74) is 13.3. The third-order valence-electron chi connectivity index (χ3n) is 4.04. The number of piperidine rings is 1. The number of primary amides is 1. The van der Waals surface area contributed by atoms with E-state index >= 15 is 0 Å². The molecule has 9 heteroatoms. The van der Waals surface area contributed by atoms with Gasteiger partial charge in [-0.15, -0.1) is 12.4 Å². The number of benzene rings is 1. The van der Waals surface area contributed by atoms with Crippen LogP contribution in [-0.2, 0) is 4.79 Å². The van der Waals surface area contributed by atoms with Crippen LogP contribution in [0.25, 0.3) is 6.08 Å². The molecule has 7 nitrogen and oxygen atoms in total. The van der Waals surface area contributed by atoms with Crippen LogP contribution in [0, 0.1) is 0 Å². The van der Waals surface area contributed by atoms with Crippen LogP contribution >= 0.6 is 24.2 Å². The van der Waals surface area contributed by atoms with E-state index in [0.29, 0.717) is 22.6 Å². The Morgan fingerprint density at radius 1 is 1.36 bits per heavy atom. The Kier molecular flexibility index (Phi) is 6.10. The van der Waals surface area contributed by atoms with E-state index in [1.54, 1.807) is 18.2 Å². The molecule has 1 aromatic carbocycles. The summed E-state index contributed by atoms with van der Waals surface area (Å²) >= 11 is 0.841. The number of halogens is 1. The van der Waals surface area contributed by atoms with Crippen LogP contribution < -0.4 is 21.7 Å². The highest BCUT2D eigenvalue weighted by Crippen LogP contribution is 2.31. The number of anilines is 1. The molecule has 0 aromatic heterocycles. The Bertz CT molecular complexity index is 753. The van der Waals surface area contributed by atoms with Crippen molar-refractivity contribution in [1.29, 1.82) is 0 Å². The van der Waals surface area contributed by atoms with Gasteiger partial charge in [0.1, 0.15) is 0 Å². The van der Waals surface area contributed by atoms with E-state index in [9.17, 15) is 14.4 Å². The smallest absolute Gasteiger partial charge is 0.290 e. The van der Waals surface area contributed by atoms with E-state index in [-0.39, 0.29) is 18.4 Å². The van der Waals surface area contributed by atoms with Crippen molar-refractivity contribution in [3.05, 3.63) is 34.2 Å². The molecule has 0 bridgehead atoms. The second-order valence-electron chi connectivity index (χ2n) is 5.84. The lowest BCUT2D eigenvalue weighted by Crippen LogP contribution is -2.43. The molecule has 0 radical (unpaired) electrons. The number of amides is 3. The van der Waals surface area contributed by atoms with E-state index < -0.39 is 17.1 Å². The van der Waals surface area contributed by atoms with Gasteiger partial charge in [0.2, 0.25) is 5.91 Å².